The fourth-order valence-corrected chi connectivity index (χ4v) is 4.64. The highest BCUT2D eigenvalue weighted by atomic mass is 32.2. The normalized spacial score (nSPS) is 18.6. The second-order valence-corrected chi connectivity index (χ2v) is 8.23. The number of hydrogen-bond acceptors (Lipinski definition) is 5. The summed E-state index contributed by atoms with van der Waals surface area (Å²) in [6, 6.07) is 7.06. The van der Waals surface area contributed by atoms with E-state index in [1.54, 1.807) is 14.0 Å². The van der Waals surface area contributed by atoms with Crippen molar-refractivity contribution in [3.05, 3.63) is 29.8 Å². The van der Waals surface area contributed by atoms with Gasteiger partial charge in [-0.3, -0.25) is 9.59 Å². The highest BCUT2D eigenvalue weighted by Gasteiger charge is 2.35. The standard InChI is InChI=1S/C17H24N2O5S/c1-3-19(14-9-11-25(22,23)12-14)17(21)16(20)18-10-8-13-4-6-15(24-2)7-5-13/h4-7,14H,3,8-12H2,1-2H3,(H,18,20). The molecular formula is C17H24N2O5S. The summed E-state index contributed by atoms with van der Waals surface area (Å²) in [6.07, 6.45) is 0.980. The summed E-state index contributed by atoms with van der Waals surface area (Å²) in [5.41, 5.74) is 1.02. The molecule has 7 nitrogen and oxygen atoms in total. The molecule has 2 rings (SSSR count). The van der Waals surface area contributed by atoms with Crippen LogP contribution >= 0.6 is 0 Å². The van der Waals surface area contributed by atoms with E-state index in [0.717, 1.165) is 11.3 Å². The van der Waals surface area contributed by atoms with Crippen LogP contribution in [0.4, 0.5) is 0 Å². The molecule has 8 heteroatoms. The molecule has 1 saturated heterocycles. The van der Waals surface area contributed by atoms with Gasteiger partial charge in [0.1, 0.15) is 5.75 Å². The van der Waals surface area contributed by atoms with Crippen molar-refractivity contribution in [2.75, 3.05) is 31.7 Å². The topological polar surface area (TPSA) is 92.8 Å². The lowest BCUT2D eigenvalue weighted by molar-refractivity contribution is -0.146. The van der Waals surface area contributed by atoms with Gasteiger partial charge in [0.2, 0.25) is 0 Å². The maximum atomic E-state index is 12.3. The summed E-state index contributed by atoms with van der Waals surface area (Å²) in [5.74, 6) is -0.598. The Hall–Kier alpha value is -2.09. The molecule has 1 aliphatic heterocycles. The number of hydrogen-bond donors (Lipinski definition) is 1. The SMILES string of the molecule is CCN(C(=O)C(=O)NCCc1ccc(OC)cc1)C1CCS(=O)(=O)C1. The minimum Gasteiger partial charge on any atom is -0.497 e. The van der Waals surface area contributed by atoms with Crippen LogP contribution in [0, 0.1) is 0 Å². The largest absolute Gasteiger partial charge is 0.497 e. The van der Waals surface area contributed by atoms with E-state index in [4.69, 9.17) is 4.74 Å². The molecule has 1 aliphatic rings. The number of nitrogens with one attached hydrogen (secondary N) is 1. The van der Waals surface area contributed by atoms with E-state index in [9.17, 15) is 18.0 Å². The Morgan fingerprint density at radius 3 is 2.48 bits per heavy atom. The third-order valence-corrected chi connectivity index (χ3v) is 6.05. The molecule has 0 spiro atoms. The van der Waals surface area contributed by atoms with Crippen molar-refractivity contribution in [3.63, 3.8) is 0 Å². The molecule has 0 bridgehead atoms. The fraction of sp³-hybridized carbons (Fsp3) is 0.529. The summed E-state index contributed by atoms with van der Waals surface area (Å²) >= 11 is 0. The second-order valence-electron chi connectivity index (χ2n) is 6.00. The van der Waals surface area contributed by atoms with Crippen LogP contribution in [0.3, 0.4) is 0 Å². The van der Waals surface area contributed by atoms with Gasteiger partial charge in [0.15, 0.2) is 9.84 Å². The summed E-state index contributed by atoms with van der Waals surface area (Å²) < 4.78 is 28.2. The lowest BCUT2D eigenvalue weighted by Crippen LogP contribution is -2.48. The van der Waals surface area contributed by atoms with Crippen molar-refractivity contribution < 1.29 is 22.7 Å². The molecule has 1 atom stereocenters. The molecule has 1 N–H and O–H groups in total. The Morgan fingerprint density at radius 2 is 1.96 bits per heavy atom. The summed E-state index contributed by atoms with van der Waals surface area (Å²) in [4.78, 5) is 25.7. The molecule has 138 valence electrons. The molecular weight excluding hydrogens is 344 g/mol. The number of amides is 2. The molecule has 25 heavy (non-hydrogen) atoms. The molecule has 1 aromatic carbocycles. The Kier molecular flexibility index (Phi) is 6.41. The summed E-state index contributed by atoms with van der Waals surface area (Å²) in [6.45, 7) is 2.38. The first-order valence-corrected chi connectivity index (χ1v) is 10.1. The number of likely N-dealkylation sites (N-methyl/N-ethyl adjacent to an activating group) is 1. The zero-order valence-corrected chi connectivity index (χ0v) is 15.3. The predicted molar refractivity (Wildman–Crippen MR) is 94.2 cm³/mol. The first kappa shape index (κ1) is 19.2. The third kappa shape index (κ3) is 5.19. The number of carbonyl (C=O) groups excluding carboxylic acids is 2. The number of sulfone groups is 1. The van der Waals surface area contributed by atoms with E-state index in [2.05, 4.69) is 5.32 Å². The van der Waals surface area contributed by atoms with Crippen LogP contribution in [0.15, 0.2) is 24.3 Å². The summed E-state index contributed by atoms with van der Waals surface area (Å²) in [5, 5.41) is 2.61. The van der Waals surface area contributed by atoms with E-state index in [1.165, 1.54) is 4.90 Å². The van der Waals surface area contributed by atoms with E-state index in [1.807, 2.05) is 24.3 Å². The van der Waals surface area contributed by atoms with Crippen molar-refractivity contribution in [1.29, 1.82) is 0 Å². The van der Waals surface area contributed by atoms with Gasteiger partial charge in [-0.05, 0) is 37.5 Å². The average Bonchev–Trinajstić information content (AvgIpc) is 2.95. The maximum Gasteiger partial charge on any atom is 0.312 e. The van der Waals surface area contributed by atoms with Crippen LogP contribution in [0.2, 0.25) is 0 Å². The van der Waals surface area contributed by atoms with Crippen molar-refractivity contribution >= 4 is 21.7 Å². The van der Waals surface area contributed by atoms with Gasteiger partial charge in [-0.25, -0.2) is 8.42 Å². The molecule has 2 amide bonds. The molecule has 0 radical (unpaired) electrons. The Bertz CT molecular complexity index is 715. The number of nitrogens with zero attached hydrogens (tertiary/aromatic N) is 1. The van der Waals surface area contributed by atoms with Gasteiger partial charge in [-0.15, -0.1) is 0 Å². The lowest BCUT2D eigenvalue weighted by Gasteiger charge is -2.26. The van der Waals surface area contributed by atoms with Gasteiger partial charge in [-0.2, -0.15) is 0 Å². The van der Waals surface area contributed by atoms with E-state index >= 15 is 0 Å². The fourth-order valence-electron chi connectivity index (χ4n) is 2.91. The van der Waals surface area contributed by atoms with Gasteiger partial charge in [0.25, 0.3) is 0 Å². The zero-order chi connectivity index (χ0) is 18.4. The van der Waals surface area contributed by atoms with E-state index in [-0.39, 0.29) is 11.5 Å². The highest BCUT2D eigenvalue weighted by molar-refractivity contribution is 7.91. The van der Waals surface area contributed by atoms with Gasteiger partial charge in [-0.1, -0.05) is 12.1 Å². The Balaban J connectivity index is 1.85. The van der Waals surface area contributed by atoms with Crippen LogP contribution in [0.5, 0.6) is 5.75 Å². The van der Waals surface area contributed by atoms with Crippen LogP contribution in [-0.4, -0.2) is 62.9 Å². The van der Waals surface area contributed by atoms with Gasteiger partial charge in [0, 0.05) is 19.1 Å². The van der Waals surface area contributed by atoms with Crippen LogP contribution in [0.25, 0.3) is 0 Å². The lowest BCUT2D eigenvalue weighted by atomic mass is 10.1. The Morgan fingerprint density at radius 1 is 1.28 bits per heavy atom. The molecule has 0 aromatic heterocycles. The molecule has 0 saturated carbocycles. The van der Waals surface area contributed by atoms with Crippen molar-refractivity contribution in [1.82, 2.24) is 10.2 Å². The van der Waals surface area contributed by atoms with Crippen LogP contribution in [-0.2, 0) is 25.8 Å². The number of rotatable bonds is 6. The minimum atomic E-state index is -3.10. The maximum absolute atomic E-state index is 12.3. The first-order valence-electron chi connectivity index (χ1n) is 8.28. The minimum absolute atomic E-state index is 0.0638. The first-order chi connectivity index (χ1) is 11.9. The second kappa shape index (κ2) is 8.33. The summed E-state index contributed by atoms with van der Waals surface area (Å²) in [7, 11) is -1.51. The molecule has 1 aromatic rings. The highest BCUT2D eigenvalue weighted by Crippen LogP contribution is 2.17. The Labute approximate surface area is 148 Å². The van der Waals surface area contributed by atoms with E-state index < -0.39 is 27.7 Å². The number of benzene rings is 1. The van der Waals surface area contributed by atoms with Crippen molar-refractivity contribution in [2.24, 2.45) is 0 Å². The number of ether oxygens (including phenoxy) is 1. The van der Waals surface area contributed by atoms with E-state index in [0.29, 0.717) is 25.9 Å². The van der Waals surface area contributed by atoms with Gasteiger partial charge < -0.3 is 15.0 Å². The average molecular weight is 368 g/mol. The molecule has 1 fully saturated rings. The van der Waals surface area contributed by atoms with Gasteiger partial charge in [0.05, 0.1) is 18.6 Å². The predicted octanol–water partition coefficient (Wildman–Crippen LogP) is 0.390. The third-order valence-electron chi connectivity index (χ3n) is 4.30. The zero-order valence-electron chi connectivity index (χ0n) is 14.5. The number of carbonyl (C=O) groups is 2. The van der Waals surface area contributed by atoms with Crippen LogP contribution in [0.1, 0.15) is 18.9 Å². The van der Waals surface area contributed by atoms with Crippen LogP contribution < -0.4 is 10.1 Å². The monoisotopic (exact) mass is 368 g/mol. The molecule has 0 aliphatic carbocycles. The van der Waals surface area contributed by atoms with Gasteiger partial charge >= 0.3 is 11.8 Å². The number of methoxy groups -OCH3 is 1. The quantitative estimate of drug-likeness (QED) is 0.733. The smallest absolute Gasteiger partial charge is 0.312 e. The molecule has 1 heterocycles. The van der Waals surface area contributed by atoms with Crippen molar-refractivity contribution in [3.8, 4) is 5.75 Å². The van der Waals surface area contributed by atoms with Crippen molar-refractivity contribution in [2.45, 2.75) is 25.8 Å². The molecule has 1 unspecified atom stereocenters.